The van der Waals surface area contributed by atoms with Gasteiger partial charge in [-0.1, -0.05) is 84.9 Å². The topological polar surface area (TPSA) is 50.4 Å². The van der Waals surface area contributed by atoms with Crippen molar-refractivity contribution in [3.05, 3.63) is 145 Å². The van der Waals surface area contributed by atoms with Crippen LogP contribution in [0.25, 0.3) is 61.8 Å². The standard InChI is InChI=1S/C38H29N3O/c1-25-12-10-13-26(2)36(25)30-23-32(39-33(24-30)31-18-6-7-19-34(31)42)28-16-11-17-29(22-28)37-38(27-14-4-3-5-15-27)41-21-9-8-20-35(41)40-37/h3-24,42H,1-2H3. The molecule has 0 radical (unpaired) electrons. The molecule has 3 aromatic heterocycles. The molecule has 0 aliphatic heterocycles. The first-order chi connectivity index (χ1) is 20.6. The molecule has 0 amide bonds. The van der Waals surface area contributed by atoms with Crippen LogP contribution in [0.2, 0.25) is 0 Å². The molecular formula is C38H29N3O. The van der Waals surface area contributed by atoms with Crippen LogP contribution in [0.5, 0.6) is 5.75 Å². The fraction of sp³-hybridized carbons (Fsp3) is 0.0526. The molecule has 7 aromatic rings. The number of pyridine rings is 2. The second kappa shape index (κ2) is 10.5. The summed E-state index contributed by atoms with van der Waals surface area (Å²) in [5, 5.41) is 10.7. The van der Waals surface area contributed by atoms with Crippen molar-refractivity contribution in [1.29, 1.82) is 0 Å². The number of para-hydroxylation sites is 1. The van der Waals surface area contributed by atoms with E-state index < -0.39 is 0 Å². The summed E-state index contributed by atoms with van der Waals surface area (Å²) in [6.07, 6.45) is 2.06. The van der Waals surface area contributed by atoms with Gasteiger partial charge in [-0.15, -0.1) is 0 Å². The van der Waals surface area contributed by atoms with Crippen molar-refractivity contribution < 1.29 is 5.11 Å². The number of imidazole rings is 1. The number of aryl methyl sites for hydroxylation is 2. The number of nitrogens with zero attached hydrogens (tertiary/aromatic N) is 3. The molecule has 3 heterocycles. The molecule has 202 valence electrons. The van der Waals surface area contributed by atoms with Gasteiger partial charge in [0.25, 0.3) is 0 Å². The first-order valence-electron chi connectivity index (χ1n) is 14.1. The normalized spacial score (nSPS) is 11.2. The zero-order chi connectivity index (χ0) is 28.6. The highest BCUT2D eigenvalue weighted by molar-refractivity contribution is 5.85. The summed E-state index contributed by atoms with van der Waals surface area (Å²) in [4.78, 5) is 10.2. The molecule has 0 aliphatic rings. The number of rotatable bonds is 5. The first-order valence-corrected chi connectivity index (χ1v) is 14.1. The average molecular weight is 544 g/mol. The van der Waals surface area contributed by atoms with Crippen LogP contribution in [0.4, 0.5) is 0 Å². The van der Waals surface area contributed by atoms with Gasteiger partial charge < -0.3 is 5.11 Å². The van der Waals surface area contributed by atoms with E-state index in [1.54, 1.807) is 6.07 Å². The summed E-state index contributed by atoms with van der Waals surface area (Å²) >= 11 is 0. The molecule has 0 saturated carbocycles. The second-order valence-electron chi connectivity index (χ2n) is 10.6. The number of hydrogen-bond donors (Lipinski definition) is 1. The van der Waals surface area contributed by atoms with Gasteiger partial charge >= 0.3 is 0 Å². The molecule has 7 rings (SSSR count). The lowest BCUT2D eigenvalue weighted by molar-refractivity contribution is 0.477. The highest BCUT2D eigenvalue weighted by Crippen LogP contribution is 2.38. The van der Waals surface area contributed by atoms with Crippen molar-refractivity contribution in [2.75, 3.05) is 0 Å². The van der Waals surface area contributed by atoms with Gasteiger partial charge in [0.2, 0.25) is 0 Å². The van der Waals surface area contributed by atoms with Crippen LogP contribution in [-0.4, -0.2) is 19.5 Å². The van der Waals surface area contributed by atoms with Gasteiger partial charge in [-0.05, 0) is 78.6 Å². The third-order valence-electron chi connectivity index (χ3n) is 7.78. The van der Waals surface area contributed by atoms with Gasteiger partial charge in [0.1, 0.15) is 11.4 Å². The van der Waals surface area contributed by atoms with E-state index in [1.165, 1.54) is 16.7 Å². The number of hydrogen-bond acceptors (Lipinski definition) is 3. The van der Waals surface area contributed by atoms with E-state index in [9.17, 15) is 5.11 Å². The number of phenols is 1. The Kier molecular flexibility index (Phi) is 6.37. The SMILES string of the molecule is Cc1cccc(C)c1-c1cc(-c2cccc(-c3nc4ccccn4c3-c3ccccc3)c2)nc(-c2ccccc2O)c1. The minimum atomic E-state index is 0.209. The van der Waals surface area contributed by atoms with Crippen LogP contribution >= 0.6 is 0 Å². The summed E-state index contributed by atoms with van der Waals surface area (Å²) in [7, 11) is 0. The van der Waals surface area contributed by atoms with Crippen LogP contribution in [-0.2, 0) is 0 Å². The van der Waals surface area contributed by atoms with E-state index in [-0.39, 0.29) is 5.75 Å². The summed E-state index contributed by atoms with van der Waals surface area (Å²) in [6.45, 7) is 4.27. The van der Waals surface area contributed by atoms with Crippen molar-refractivity contribution >= 4 is 5.65 Å². The van der Waals surface area contributed by atoms with E-state index in [0.717, 1.165) is 50.7 Å². The van der Waals surface area contributed by atoms with Crippen molar-refractivity contribution in [1.82, 2.24) is 14.4 Å². The molecule has 0 fully saturated rings. The Bertz CT molecular complexity index is 2050. The van der Waals surface area contributed by atoms with Crippen molar-refractivity contribution in [3.63, 3.8) is 0 Å². The number of benzene rings is 4. The van der Waals surface area contributed by atoms with Crippen LogP contribution in [0, 0.1) is 13.8 Å². The summed E-state index contributed by atoms with van der Waals surface area (Å²) in [6, 6.07) is 42.9. The highest BCUT2D eigenvalue weighted by atomic mass is 16.3. The molecule has 0 aliphatic carbocycles. The molecular weight excluding hydrogens is 514 g/mol. The predicted molar refractivity (Wildman–Crippen MR) is 171 cm³/mol. The second-order valence-corrected chi connectivity index (χ2v) is 10.6. The largest absolute Gasteiger partial charge is 0.507 e. The first kappa shape index (κ1) is 25.5. The number of aromatic nitrogens is 3. The minimum Gasteiger partial charge on any atom is -0.507 e. The smallest absolute Gasteiger partial charge is 0.137 e. The molecule has 4 nitrogen and oxygen atoms in total. The Hall–Kier alpha value is -5.48. The lowest BCUT2D eigenvalue weighted by atomic mass is 9.93. The van der Waals surface area contributed by atoms with E-state index in [0.29, 0.717) is 5.56 Å². The van der Waals surface area contributed by atoms with E-state index in [1.807, 2.05) is 42.5 Å². The van der Waals surface area contributed by atoms with Crippen molar-refractivity contribution in [2.24, 2.45) is 0 Å². The van der Waals surface area contributed by atoms with Crippen LogP contribution in [0.15, 0.2) is 134 Å². The van der Waals surface area contributed by atoms with Crippen molar-refractivity contribution in [3.8, 4) is 61.9 Å². The van der Waals surface area contributed by atoms with Gasteiger partial charge in [0.05, 0.1) is 22.8 Å². The number of aromatic hydroxyl groups is 1. The molecule has 4 aromatic carbocycles. The van der Waals surface area contributed by atoms with Gasteiger partial charge in [0.15, 0.2) is 0 Å². The van der Waals surface area contributed by atoms with Crippen LogP contribution < -0.4 is 0 Å². The Labute approximate surface area is 245 Å². The number of fused-ring (bicyclic) bond motifs is 1. The third-order valence-corrected chi connectivity index (χ3v) is 7.78. The predicted octanol–water partition coefficient (Wildman–Crippen LogP) is 9.39. The maximum absolute atomic E-state index is 10.7. The summed E-state index contributed by atoms with van der Waals surface area (Å²) in [5.74, 6) is 0.209. The van der Waals surface area contributed by atoms with Crippen molar-refractivity contribution in [2.45, 2.75) is 13.8 Å². The lowest BCUT2D eigenvalue weighted by Crippen LogP contribution is -1.95. The lowest BCUT2D eigenvalue weighted by Gasteiger charge is -2.15. The Balaban J connectivity index is 1.44. The van der Waals surface area contributed by atoms with Crippen LogP contribution in [0.1, 0.15) is 11.1 Å². The molecule has 42 heavy (non-hydrogen) atoms. The summed E-state index contributed by atoms with van der Waals surface area (Å²) < 4.78 is 2.15. The quantitative estimate of drug-likeness (QED) is 0.235. The zero-order valence-corrected chi connectivity index (χ0v) is 23.5. The maximum atomic E-state index is 10.7. The minimum absolute atomic E-state index is 0.209. The van der Waals surface area contributed by atoms with Gasteiger partial charge in [0, 0.05) is 28.5 Å². The molecule has 4 heteroatoms. The van der Waals surface area contributed by atoms with Gasteiger partial charge in [-0.3, -0.25) is 4.40 Å². The molecule has 0 saturated heterocycles. The zero-order valence-electron chi connectivity index (χ0n) is 23.5. The third kappa shape index (κ3) is 4.53. The molecule has 0 spiro atoms. The fourth-order valence-electron chi connectivity index (χ4n) is 5.82. The molecule has 1 N–H and O–H groups in total. The molecule has 0 bridgehead atoms. The molecule has 0 unspecified atom stereocenters. The van der Waals surface area contributed by atoms with E-state index >= 15 is 0 Å². The average Bonchev–Trinajstić information content (AvgIpc) is 3.41. The Morgan fingerprint density at radius 3 is 2.02 bits per heavy atom. The van der Waals surface area contributed by atoms with Gasteiger partial charge in [-0.25, -0.2) is 9.97 Å². The van der Waals surface area contributed by atoms with Gasteiger partial charge in [-0.2, -0.15) is 0 Å². The number of phenolic OH excluding ortho intramolecular Hbond substituents is 1. The highest BCUT2D eigenvalue weighted by Gasteiger charge is 2.18. The summed E-state index contributed by atoms with van der Waals surface area (Å²) in [5.41, 5.74) is 12.9. The van der Waals surface area contributed by atoms with E-state index in [4.69, 9.17) is 9.97 Å². The molecule has 0 atom stereocenters. The fourth-order valence-corrected chi connectivity index (χ4v) is 5.82. The van der Waals surface area contributed by atoms with E-state index in [2.05, 4.69) is 103 Å². The Morgan fingerprint density at radius 2 is 1.21 bits per heavy atom. The Morgan fingerprint density at radius 1 is 0.548 bits per heavy atom. The monoisotopic (exact) mass is 543 g/mol. The maximum Gasteiger partial charge on any atom is 0.137 e. The van der Waals surface area contributed by atoms with Crippen LogP contribution in [0.3, 0.4) is 0 Å².